The Morgan fingerprint density at radius 3 is 2.71 bits per heavy atom. The lowest BCUT2D eigenvalue weighted by molar-refractivity contribution is -0.0349. The van der Waals surface area contributed by atoms with Gasteiger partial charge >= 0.3 is 6.03 Å². The summed E-state index contributed by atoms with van der Waals surface area (Å²) in [4.78, 5) is 17.2. The number of benzene rings is 1. The summed E-state index contributed by atoms with van der Waals surface area (Å²) < 4.78 is 27.1. The first-order chi connectivity index (χ1) is 12.7. The van der Waals surface area contributed by atoms with Crippen molar-refractivity contribution in [3.63, 3.8) is 0 Å². The number of hydrogen-bond acceptors (Lipinski definition) is 6. The highest BCUT2D eigenvalue weighted by Crippen LogP contribution is 2.39. The molecule has 2 rings (SSSR count). The fraction of sp³-hybridized carbons (Fsp3) is 0.500. The molecule has 0 radical (unpaired) electrons. The summed E-state index contributed by atoms with van der Waals surface area (Å²) in [7, 11) is -0.918. The van der Waals surface area contributed by atoms with Gasteiger partial charge in [0.25, 0.3) is 10.0 Å². The van der Waals surface area contributed by atoms with Crippen LogP contribution in [-0.2, 0) is 15.7 Å². The van der Waals surface area contributed by atoms with Gasteiger partial charge in [0, 0.05) is 26.2 Å². The zero-order valence-corrected chi connectivity index (χ0v) is 19.8. The molecule has 1 heterocycles. The van der Waals surface area contributed by atoms with E-state index >= 15 is 0 Å². The Kier molecular flexibility index (Phi) is 9.07. The van der Waals surface area contributed by atoms with E-state index in [0.29, 0.717) is 17.3 Å². The first kappa shape index (κ1) is 25.0. The molecule has 2 amide bonds. The first-order valence-corrected chi connectivity index (χ1v) is 11.2. The van der Waals surface area contributed by atoms with Crippen molar-refractivity contribution >= 4 is 61.6 Å². The summed E-state index contributed by atoms with van der Waals surface area (Å²) in [5, 5.41) is 14.1. The number of thioether (sulfide) groups is 1. The minimum absolute atomic E-state index is 0. The number of carbonyl (C=O) groups is 1. The molecule has 8 nitrogen and oxygen atoms in total. The molecule has 28 heavy (non-hydrogen) atoms. The minimum Gasteiger partial charge on any atom is -0.366 e. The highest BCUT2D eigenvalue weighted by Gasteiger charge is 2.43. The lowest BCUT2D eigenvalue weighted by Gasteiger charge is -2.31. The van der Waals surface area contributed by atoms with E-state index in [9.17, 15) is 18.3 Å². The highest BCUT2D eigenvalue weighted by atomic mass is 79.9. The molecule has 0 aromatic heterocycles. The summed E-state index contributed by atoms with van der Waals surface area (Å²) in [6.07, 6.45) is 1.61. The van der Waals surface area contributed by atoms with E-state index in [1.165, 1.54) is 23.9 Å². The summed E-state index contributed by atoms with van der Waals surface area (Å²) >= 11 is 7.42. The van der Waals surface area contributed by atoms with Gasteiger partial charge in [-0.1, -0.05) is 42.8 Å². The number of nitrogens with zero attached hydrogens (tertiary/aromatic N) is 2. The molecule has 0 spiro atoms. The number of halogens is 2. The van der Waals surface area contributed by atoms with Crippen molar-refractivity contribution in [3.05, 3.63) is 28.8 Å². The van der Waals surface area contributed by atoms with Crippen LogP contribution in [0.15, 0.2) is 28.1 Å². The van der Waals surface area contributed by atoms with Crippen LogP contribution in [-0.4, -0.2) is 56.0 Å². The number of urea groups is 1. The zero-order valence-electron chi connectivity index (χ0n) is 15.7. The molecule has 1 aromatic carbocycles. The standard InChI is InChI=1S/C16H23ClN4O4S2.BrH/c1-4-5-8-19-14(22)20-27(24,25)13-9-11(6-7-12(13)17)16(23)10-26-15(18-2)21(16)3;/h6-7,9,23H,4-5,8,10H2,1-3H3,(H2,19,20,22);1H. The maximum absolute atomic E-state index is 12.6. The van der Waals surface area contributed by atoms with Crippen LogP contribution in [0.3, 0.4) is 0 Å². The number of aliphatic imine (C=N–C) groups is 1. The third-order valence-electron chi connectivity index (χ3n) is 4.16. The molecule has 0 bridgehead atoms. The second-order valence-electron chi connectivity index (χ2n) is 6.03. The molecular weight excluding hydrogens is 492 g/mol. The summed E-state index contributed by atoms with van der Waals surface area (Å²) in [6.45, 7) is 2.33. The Morgan fingerprint density at radius 1 is 1.46 bits per heavy atom. The van der Waals surface area contributed by atoms with E-state index in [-0.39, 0.29) is 32.7 Å². The van der Waals surface area contributed by atoms with Gasteiger partial charge < -0.3 is 15.3 Å². The molecule has 0 saturated carbocycles. The van der Waals surface area contributed by atoms with Gasteiger partial charge in [0.2, 0.25) is 0 Å². The zero-order chi connectivity index (χ0) is 20.2. The molecule has 1 unspecified atom stereocenters. The number of amides is 2. The fourth-order valence-corrected chi connectivity index (χ4v) is 5.18. The van der Waals surface area contributed by atoms with Gasteiger partial charge in [-0.25, -0.2) is 17.9 Å². The van der Waals surface area contributed by atoms with Crippen LogP contribution < -0.4 is 10.0 Å². The van der Waals surface area contributed by atoms with E-state index in [2.05, 4.69) is 10.3 Å². The molecule has 1 atom stereocenters. The van der Waals surface area contributed by atoms with E-state index in [1.807, 2.05) is 11.6 Å². The Labute approximate surface area is 184 Å². The lowest BCUT2D eigenvalue weighted by atomic mass is 10.0. The molecule has 12 heteroatoms. The first-order valence-electron chi connectivity index (χ1n) is 8.32. The average molecular weight is 516 g/mol. The predicted octanol–water partition coefficient (Wildman–Crippen LogP) is 2.52. The number of hydrogen-bond donors (Lipinski definition) is 3. The second-order valence-corrected chi connectivity index (χ2v) is 9.03. The predicted molar refractivity (Wildman–Crippen MR) is 118 cm³/mol. The molecule has 1 aromatic rings. The van der Waals surface area contributed by atoms with Crippen LogP contribution in [0, 0.1) is 0 Å². The molecular formula is C16H24BrClN4O4S2. The van der Waals surface area contributed by atoms with E-state index in [1.54, 1.807) is 25.1 Å². The number of amidine groups is 1. The average Bonchev–Trinajstić information content (AvgIpc) is 2.90. The topological polar surface area (TPSA) is 111 Å². The van der Waals surface area contributed by atoms with Crippen molar-refractivity contribution < 1.29 is 18.3 Å². The van der Waals surface area contributed by atoms with Gasteiger partial charge in [0.05, 0.1) is 10.8 Å². The summed E-state index contributed by atoms with van der Waals surface area (Å²) in [5.74, 6) is 0.280. The van der Waals surface area contributed by atoms with Crippen LogP contribution >= 0.6 is 40.3 Å². The van der Waals surface area contributed by atoms with Gasteiger partial charge in [-0.3, -0.25) is 4.99 Å². The van der Waals surface area contributed by atoms with E-state index < -0.39 is 21.8 Å². The number of carbonyl (C=O) groups excluding carboxylic acids is 1. The monoisotopic (exact) mass is 514 g/mol. The molecule has 0 aliphatic carbocycles. The third kappa shape index (κ3) is 5.32. The largest absolute Gasteiger partial charge is 0.366 e. The lowest BCUT2D eigenvalue weighted by Crippen LogP contribution is -2.43. The van der Waals surface area contributed by atoms with Crippen molar-refractivity contribution in [1.29, 1.82) is 0 Å². The van der Waals surface area contributed by atoms with Crippen molar-refractivity contribution in [3.8, 4) is 0 Å². The van der Waals surface area contributed by atoms with Crippen molar-refractivity contribution in [1.82, 2.24) is 14.9 Å². The third-order valence-corrected chi connectivity index (χ3v) is 7.24. The van der Waals surface area contributed by atoms with E-state index in [4.69, 9.17) is 11.6 Å². The Hall–Kier alpha value is -1.01. The molecule has 3 N–H and O–H groups in total. The van der Waals surface area contributed by atoms with Crippen molar-refractivity contribution in [2.75, 3.05) is 26.4 Å². The second kappa shape index (κ2) is 10.1. The molecule has 1 saturated heterocycles. The number of sulfonamides is 1. The van der Waals surface area contributed by atoms with Gasteiger partial charge in [-0.2, -0.15) is 0 Å². The van der Waals surface area contributed by atoms with Crippen LogP contribution in [0.2, 0.25) is 5.02 Å². The SMILES string of the molecule is Br.CCCCNC(=O)NS(=O)(=O)c1cc(C2(O)CSC(=NC)N2C)ccc1Cl. The van der Waals surface area contributed by atoms with Crippen LogP contribution in [0.5, 0.6) is 0 Å². The van der Waals surface area contributed by atoms with Gasteiger partial charge in [-0.05, 0) is 18.6 Å². The Morgan fingerprint density at radius 2 is 2.14 bits per heavy atom. The molecule has 1 fully saturated rings. The Bertz CT molecular complexity index is 853. The quantitative estimate of drug-likeness (QED) is 0.502. The number of aliphatic hydroxyl groups is 1. The fourth-order valence-electron chi connectivity index (χ4n) is 2.56. The normalized spacial score (nSPS) is 20.8. The van der Waals surface area contributed by atoms with E-state index in [0.717, 1.165) is 12.8 Å². The van der Waals surface area contributed by atoms with Crippen molar-refractivity contribution in [2.45, 2.75) is 30.4 Å². The number of rotatable bonds is 6. The highest BCUT2D eigenvalue weighted by molar-refractivity contribution is 8.93. The minimum atomic E-state index is -4.20. The summed E-state index contributed by atoms with van der Waals surface area (Å²) in [6, 6.07) is 3.40. The summed E-state index contributed by atoms with van der Waals surface area (Å²) in [5.41, 5.74) is -1.09. The Balaban J connectivity index is 0.00000392. The van der Waals surface area contributed by atoms with Gasteiger partial charge in [0.1, 0.15) is 4.90 Å². The van der Waals surface area contributed by atoms with Gasteiger partial charge in [0.15, 0.2) is 10.9 Å². The molecule has 158 valence electrons. The smallest absolute Gasteiger partial charge is 0.328 e. The van der Waals surface area contributed by atoms with Crippen LogP contribution in [0.25, 0.3) is 0 Å². The molecule has 1 aliphatic rings. The van der Waals surface area contributed by atoms with Crippen molar-refractivity contribution in [2.24, 2.45) is 4.99 Å². The van der Waals surface area contributed by atoms with Crippen LogP contribution in [0.4, 0.5) is 4.79 Å². The molecule has 1 aliphatic heterocycles. The van der Waals surface area contributed by atoms with Gasteiger partial charge in [-0.15, -0.1) is 17.0 Å². The maximum Gasteiger partial charge on any atom is 0.328 e. The number of unbranched alkanes of at least 4 members (excludes halogenated alkanes) is 1. The number of nitrogens with one attached hydrogen (secondary N) is 2. The maximum atomic E-state index is 12.6. The van der Waals surface area contributed by atoms with Crippen LogP contribution in [0.1, 0.15) is 25.3 Å².